The summed E-state index contributed by atoms with van der Waals surface area (Å²) >= 11 is 0. The Bertz CT molecular complexity index is 747. The normalized spacial score (nSPS) is 13.8. The van der Waals surface area contributed by atoms with Crippen LogP contribution in [0.25, 0.3) is 0 Å². The van der Waals surface area contributed by atoms with Gasteiger partial charge in [0.05, 0.1) is 12.2 Å². The van der Waals surface area contributed by atoms with Crippen molar-refractivity contribution in [3.8, 4) is 0 Å². The van der Waals surface area contributed by atoms with Crippen molar-refractivity contribution in [1.29, 1.82) is 0 Å². The van der Waals surface area contributed by atoms with Gasteiger partial charge in [-0.25, -0.2) is 0 Å². The lowest BCUT2D eigenvalue weighted by Crippen LogP contribution is -2.28. The number of nitrogens with one attached hydrogen (secondary N) is 1. The van der Waals surface area contributed by atoms with E-state index in [2.05, 4.69) is 5.32 Å². The second kappa shape index (κ2) is 5.71. The monoisotopic (exact) mass is 321 g/mol. The Hall–Kier alpha value is -2.32. The Balaban J connectivity index is 1.76. The fourth-order valence-electron chi connectivity index (χ4n) is 2.31. The Morgan fingerprint density at radius 2 is 1.87 bits per heavy atom. The number of amides is 1. The molecule has 0 saturated heterocycles. The van der Waals surface area contributed by atoms with Gasteiger partial charge >= 0.3 is 13.3 Å². The molecule has 1 aliphatic rings. The van der Waals surface area contributed by atoms with Crippen molar-refractivity contribution < 1.29 is 27.6 Å². The van der Waals surface area contributed by atoms with Crippen LogP contribution < -0.4 is 10.8 Å². The molecule has 0 aliphatic carbocycles. The number of carbonyl (C=O) groups excluding carboxylic acids is 1. The summed E-state index contributed by atoms with van der Waals surface area (Å²) in [6, 6.07) is 8.88. The second-order valence-electron chi connectivity index (χ2n) is 5.11. The number of hydrogen-bond donors (Lipinski definition) is 2. The molecule has 0 unspecified atom stereocenters. The summed E-state index contributed by atoms with van der Waals surface area (Å²) in [5, 5.41) is 12.2. The van der Waals surface area contributed by atoms with Gasteiger partial charge < -0.3 is 15.0 Å². The van der Waals surface area contributed by atoms with Crippen LogP contribution in [0.5, 0.6) is 0 Å². The Labute approximate surface area is 130 Å². The first kappa shape index (κ1) is 15.6. The molecule has 0 atom stereocenters. The zero-order chi connectivity index (χ0) is 16.6. The summed E-state index contributed by atoms with van der Waals surface area (Å²) in [6.45, 7) is 0.295. The molecule has 2 aromatic carbocycles. The topological polar surface area (TPSA) is 58.6 Å². The molecule has 0 radical (unpaired) electrons. The van der Waals surface area contributed by atoms with Crippen LogP contribution in [0.15, 0.2) is 42.5 Å². The molecule has 0 spiro atoms. The number of hydrogen-bond acceptors (Lipinski definition) is 3. The van der Waals surface area contributed by atoms with E-state index in [1.807, 2.05) is 0 Å². The van der Waals surface area contributed by atoms with Gasteiger partial charge in [-0.3, -0.25) is 4.79 Å². The zero-order valence-corrected chi connectivity index (χ0v) is 11.7. The van der Waals surface area contributed by atoms with Gasteiger partial charge in [-0.05, 0) is 47.4 Å². The Kier molecular flexibility index (Phi) is 3.87. The standard InChI is InChI=1S/C15H11BF3NO3/c17-15(18,19)11-4-1-9(2-5-11)14(21)20-12-6-3-10-8-23-16(22)13(10)7-12/h1-7,22H,8H2,(H,20,21). The van der Waals surface area contributed by atoms with Crippen LogP contribution in [0.2, 0.25) is 0 Å². The summed E-state index contributed by atoms with van der Waals surface area (Å²) in [4.78, 5) is 12.1. The molecule has 1 heterocycles. The number of benzene rings is 2. The molecule has 3 rings (SSSR count). The number of carbonyl (C=O) groups is 1. The zero-order valence-electron chi connectivity index (χ0n) is 11.7. The third kappa shape index (κ3) is 3.23. The van der Waals surface area contributed by atoms with E-state index in [1.54, 1.807) is 18.2 Å². The molecule has 1 aliphatic heterocycles. The molecule has 0 fully saturated rings. The molecule has 1 amide bonds. The minimum absolute atomic E-state index is 0.107. The van der Waals surface area contributed by atoms with Crippen molar-refractivity contribution in [3.63, 3.8) is 0 Å². The molecular formula is C15H11BF3NO3. The van der Waals surface area contributed by atoms with E-state index >= 15 is 0 Å². The van der Waals surface area contributed by atoms with Crippen molar-refractivity contribution in [2.24, 2.45) is 0 Å². The van der Waals surface area contributed by atoms with Gasteiger partial charge in [0.15, 0.2) is 0 Å². The first-order valence-electron chi connectivity index (χ1n) is 6.76. The minimum atomic E-state index is -4.44. The van der Waals surface area contributed by atoms with E-state index in [0.29, 0.717) is 17.8 Å². The SMILES string of the molecule is O=C(Nc1ccc2c(c1)B(O)OC2)c1ccc(C(F)(F)F)cc1. The first-order chi connectivity index (χ1) is 10.8. The number of anilines is 1. The average Bonchev–Trinajstić information content (AvgIpc) is 2.88. The molecule has 23 heavy (non-hydrogen) atoms. The van der Waals surface area contributed by atoms with E-state index < -0.39 is 24.8 Å². The third-order valence-corrected chi connectivity index (χ3v) is 3.54. The highest BCUT2D eigenvalue weighted by molar-refractivity contribution is 6.61. The van der Waals surface area contributed by atoms with E-state index in [0.717, 1.165) is 29.8 Å². The van der Waals surface area contributed by atoms with Crippen LogP contribution in [-0.4, -0.2) is 18.0 Å². The van der Waals surface area contributed by atoms with Crippen LogP contribution in [0.1, 0.15) is 21.5 Å². The maximum Gasteiger partial charge on any atom is 0.491 e. The molecule has 4 nitrogen and oxygen atoms in total. The van der Waals surface area contributed by atoms with Crippen LogP contribution in [-0.2, 0) is 17.4 Å². The highest BCUT2D eigenvalue weighted by atomic mass is 19.4. The van der Waals surface area contributed by atoms with Crippen LogP contribution >= 0.6 is 0 Å². The quantitative estimate of drug-likeness (QED) is 0.834. The first-order valence-corrected chi connectivity index (χ1v) is 6.76. The molecular weight excluding hydrogens is 310 g/mol. The molecule has 8 heteroatoms. The van der Waals surface area contributed by atoms with Crippen molar-refractivity contribution in [2.45, 2.75) is 12.8 Å². The van der Waals surface area contributed by atoms with Crippen LogP contribution in [0.4, 0.5) is 18.9 Å². The van der Waals surface area contributed by atoms with Gasteiger partial charge in [0.1, 0.15) is 0 Å². The van der Waals surface area contributed by atoms with Gasteiger partial charge in [0, 0.05) is 11.3 Å². The average molecular weight is 321 g/mol. The lowest BCUT2D eigenvalue weighted by atomic mass is 9.79. The summed E-state index contributed by atoms with van der Waals surface area (Å²) in [7, 11) is -1.03. The fraction of sp³-hybridized carbons (Fsp3) is 0.133. The van der Waals surface area contributed by atoms with Gasteiger partial charge in [-0.15, -0.1) is 0 Å². The van der Waals surface area contributed by atoms with Gasteiger partial charge in [-0.1, -0.05) is 6.07 Å². The highest BCUT2D eigenvalue weighted by Crippen LogP contribution is 2.29. The van der Waals surface area contributed by atoms with Crippen LogP contribution in [0.3, 0.4) is 0 Å². The molecule has 0 aromatic heterocycles. The lowest BCUT2D eigenvalue weighted by Gasteiger charge is -2.09. The number of halogens is 3. The number of fused-ring (bicyclic) bond motifs is 1. The summed E-state index contributed by atoms with van der Waals surface area (Å²) in [5.41, 5.74) is 1.11. The Morgan fingerprint density at radius 1 is 1.17 bits per heavy atom. The largest absolute Gasteiger partial charge is 0.491 e. The lowest BCUT2D eigenvalue weighted by molar-refractivity contribution is -0.137. The summed E-state index contributed by atoms with van der Waals surface area (Å²) < 4.78 is 42.5. The second-order valence-corrected chi connectivity index (χ2v) is 5.11. The molecule has 2 N–H and O–H groups in total. The van der Waals surface area contributed by atoms with Crippen molar-refractivity contribution in [2.75, 3.05) is 5.32 Å². The predicted molar refractivity (Wildman–Crippen MR) is 78.2 cm³/mol. The number of alkyl halides is 3. The van der Waals surface area contributed by atoms with Crippen molar-refractivity contribution in [3.05, 3.63) is 59.2 Å². The van der Waals surface area contributed by atoms with E-state index in [1.165, 1.54) is 0 Å². The van der Waals surface area contributed by atoms with E-state index in [9.17, 15) is 23.0 Å². The minimum Gasteiger partial charge on any atom is -0.423 e. The Morgan fingerprint density at radius 3 is 2.52 bits per heavy atom. The maximum absolute atomic E-state index is 12.5. The highest BCUT2D eigenvalue weighted by Gasteiger charge is 2.30. The van der Waals surface area contributed by atoms with E-state index in [-0.39, 0.29) is 5.56 Å². The third-order valence-electron chi connectivity index (χ3n) is 3.54. The van der Waals surface area contributed by atoms with Gasteiger partial charge in [-0.2, -0.15) is 13.2 Å². The number of rotatable bonds is 2. The molecule has 2 aromatic rings. The summed E-state index contributed by atoms with van der Waals surface area (Å²) in [5.74, 6) is -0.535. The van der Waals surface area contributed by atoms with Crippen LogP contribution in [0, 0.1) is 0 Å². The predicted octanol–water partition coefficient (Wildman–Crippen LogP) is 2.18. The molecule has 118 valence electrons. The van der Waals surface area contributed by atoms with Crippen molar-refractivity contribution >= 4 is 24.2 Å². The molecule has 0 bridgehead atoms. The fourth-order valence-corrected chi connectivity index (χ4v) is 2.31. The maximum atomic E-state index is 12.5. The van der Waals surface area contributed by atoms with E-state index in [4.69, 9.17) is 4.65 Å². The van der Waals surface area contributed by atoms with Crippen molar-refractivity contribution in [1.82, 2.24) is 0 Å². The smallest absolute Gasteiger partial charge is 0.423 e. The van der Waals surface area contributed by atoms with Gasteiger partial charge in [0.25, 0.3) is 5.91 Å². The van der Waals surface area contributed by atoms with Gasteiger partial charge in [0.2, 0.25) is 0 Å². The summed E-state index contributed by atoms with van der Waals surface area (Å²) in [6.07, 6.45) is -4.44. The molecule has 0 saturated carbocycles.